The van der Waals surface area contributed by atoms with Crippen molar-refractivity contribution in [2.24, 2.45) is 0 Å². The Bertz CT molecular complexity index is 261. The van der Waals surface area contributed by atoms with E-state index >= 15 is 0 Å². The highest BCUT2D eigenvalue weighted by atomic mass is 35.5. The van der Waals surface area contributed by atoms with Crippen molar-refractivity contribution in [3.05, 3.63) is 23.2 Å². The molecule has 0 atom stereocenters. The van der Waals surface area contributed by atoms with Crippen LogP contribution in [-0.4, -0.2) is 13.6 Å². The lowest BCUT2D eigenvalue weighted by atomic mass is 10.2. The molecule has 0 spiro atoms. The van der Waals surface area contributed by atoms with E-state index in [0.29, 0.717) is 0 Å². The molecule has 2 N–H and O–H groups in total. The van der Waals surface area contributed by atoms with Gasteiger partial charge in [-0.15, -0.1) is 0 Å². The summed E-state index contributed by atoms with van der Waals surface area (Å²) in [5, 5.41) is 7.03. The molecule has 2 nitrogen and oxygen atoms in total. The van der Waals surface area contributed by atoms with Crippen molar-refractivity contribution in [2.45, 2.75) is 6.92 Å². The summed E-state index contributed by atoms with van der Waals surface area (Å²) in [6.07, 6.45) is 0. The first-order valence-corrected chi connectivity index (χ1v) is 4.37. The molecule has 0 aliphatic carbocycles. The van der Waals surface area contributed by atoms with Gasteiger partial charge in [-0.2, -0.15) is 0 Å². The third kappa shape index (κ3) is 1.83. The molecular weight excluding hydrogens is 172 g/mol. The number of para-hydroxylation sites is 1. The fraction of sp³-hybridized carbons (Fsp3) is 0.333. The SMILES string of the molecule is CCNc1c(Cl)cccc1NC. The van der Waals surface area contributed by atoms with E-state index < -0.39 is 0 Å². The van der Waals surface area contributed by atoms with E-state index in [1.165, 1.54) is 0 Å². The Kier molecular flexibility index (Phi) is 3.23. The zero-order valence-electron chi connectivity index (χ0n) is 7.32. The van der Waals surface area contributed by atoms with Crippen LogP contribution in [0.1, 0.15) is 6.92 Å². The zero-order chi connectivity index (χ0) is 8.97. The highest BCUT2D eigenvalue weighted by Gasteiger charge is 2.02. The lowest BCUT2D eigenvalue weighted by molar-refractivity contribution is 1.21. The summed E-state index contributed by atoms with van der Waals surface area (Å²) in [7, 11) is 1.88. The minimum atomic E-state index is 0.753. The molecule has 0 heterocycles. The maximum absolute atomic E-state index is 5.98. The van der Waals surface area contributed by atoms with Gasteiger partial charge < -0.3 is 10.6 Å². The molecule has 0 saturated carbocycles. The Morgan fingerprint density at radius 3 is 2.75 bits per heavy atom. The van der Waals surface area contributed by atoms with Gasteiger partial charge in [0.15, 0.2) is 0 Å². The first-order chi connectivity index (χ1) is 5.79. The second-order valence-electron chi connectivity index (χ2n) is 2.44. The van der Waals surface area contributed by atoms with Gasteiger partial charge in [-0.1, -0.05) is 17.7 Å². The van der Waals surface area contributed by atoms with Gasteiger partial charge in [-0.05, 0) is 19.1 Å². The Morgan fingerprint density at radius 2 is 2.17 bits per heavy atom. The molecule has 1 aromatic rings. The van der Waals surface area contributed by atoms with E-state index in [2.05, 4.69) is 10.6 Å². The van der Waals surface area contributed by atoms with Crippen molar-refractivity contribution in [2.75, 3.05) is 24.2 Å². The van der Waals surface area contributed by atoms with Crippen LogP contribution in [0.4, 0.5) is 11.4 Å². The van der Waals surface area contributed by atoms with Crippen LogP contribution in [-0.2, 0) is 0 Å². The summed E-state index contributed by atoms with van der Waals surface area (Å²) in [5.41, 5.74) is 2.01. The molecule has 0 aromatic heterocycles. The summed E-state index contributed by atoms with van der Waals surface area (Å²) in [6.45, 7) is 2.92. The van der Waals surface area contributed by atoms with Crippen LogP contribution in [0, 0.1) is 0 Å². The normalized spacial score (nSPS) is 9.58. The number of rotatable bonds is 3. The zero-order valence-corrected chi connectivity index (χ0v) is 8.07. The van der Waals surface area contributed by atoms with Crippen LogP contribution in [0.3, 0.4) is 0 Å². The molecule has 3 heteroatoms. The van der Waals surface area contributed by atoms with Crippen LogP contribution in [0.25, 0.3) is 0 Å². The highest BCUT2D eigenvalue weighted by Crippen LogP contribution is 2.29. The Balaban J connectivity index is 3.02. The van der Waals surface area contributed by atoms with Gasteiger partial charge in [-0.25, -0.2) is 0 Å². The number of benzene rings is 1. The lowest BCUT2D eigenvalue weighted by Gasteiger charge is -2.11. The number of hydrogen-bond acceptors (Lipinski definition) is 2. The van der Waals surface area contributed by atoms with E-state index in [9.17, 15) is 0 Å². The number of hydrogen-bond donors (Lipinski definition) is 2. The molecule has 0 aliphatic rings. The molecule has 0 aliphatic heterocycles. The smallest absolute Gasteiger partial charge is 0.0765 e. The third-order valence-electron chi connectivity index (χ3n) is 1.64. The van der Waals surface area contributed by atoms with Crippen molar-refractivity contribution >= 4 is 23.0 Å². The van der Waals surface area contributed by atoms with Gasteiger partial charge in [0.1, 0.15) is 0 Å². The molecule has 12 heavy (non-hydrogen) atoms. The van der Waals surface area contributed by atoms with Crippen molar-refractivity contribution in [1.29, 1.82) is 0 Å². The summed E-state index contributed by atoms with van der Waals surface area (Å²) < 4.78 is 0. The molecular formula is C9H13ClN2. The average Bonchev–Trinajstić information content (AvgIpc) is 2.09. The fourth-order valence-corrected chi connectivity index (χ4v) is 1.33. The molecule has 0 radical (unpaired) electrons. The fourth-order valence-electron chi connectivity index (χ4n) is 1.09. The quantitative estimate of drug-likeness (QED) is 0.755. The van der Waals surface area contributed by atoms with Crippen LogP contribution >= 0.6 is 11.6 Å². The second kappa shape index (κ2) is 4.21. The Hall–Kier alpha value is -0.890. The van der Waals surface area contributed by atoms with E-state index in [4.69, 9.17) is 11.6 Å². The van der Waals surface area contributed by atoms with E-state index in [1.807, 2.05) is 32.2 Å². The summed E-state index contributed by atoms with van der Waals surface area (Å²) in [5.74, 6) is 0. The topological polar surface area (TPSA) is 24.1 Å². The van der Waals surface area contributed by atoms with Gasteiger partial charge in [0.05, 0.1) is 16.4 Å². The van der Waals surface area contributed by atoms with Gasteiger partial charge in [0.2, 0.25) is 0 Å². The minimum absolute atomic E-state index is 0.753. The van der Waals surface area contributed by atoms with Gasteiger partial charge in [0, 0.05) is 13.6 Å². The monoisotopic (exact) mass is 184 g/mol. The maximum Gasteiger partial charge on any atom is 0.0765 e. The minimum Gasteiger partial charge on any atom is -0.386 e. The van der Waals surface area contributed by atoms with E-state index in [0.717, 1.165) is 22.9 Å². The van der Waals surface area contributed by atoms with Crippen molar-refractivity contribution in [1.82, 2.24) is 0 Å². The highest BCUT2D eigenvalue weighted by molar-refractivity contribution is 6.33. The molecule has 0 unspecified atom stereocenters. The van der Waals surface area contributed by atoms with Gasteiger partial charge in [0.25, 0.3) is 0 Å². The average molecular weight is 185 g/mol. The number of nitrogens with one attached hydrogen (secondary N) is 2. The molecule has 66 valence electrons. The second-order valence-corrected chi connectivity index (χ2v) is 2.85. The maximum atomic E-state index is 5.98. The van der Waals surface area contributed by atoms with Crippen molar-refractivity contribution in [3.63, 3.8) is 0 Å². The van der Waals surface area contributed by atoms with Gasteiger partial charge in [-0.3, -0.25) is 0 Å². The first kappa shape index (κ1) is 9.20. The molecule has 0 fully saturated rings. The molecule has 1 aromatic carbocycles. The van der Waals surface area contributed by atoms with E-state index in [1.54, 1.807) is 0 Å². The Labute approximate surface area is 77.9 Å². The van der Waals surface area contributed by atoms with Crippen LogP contribution in [0.2, 0.25) is 5.02 Å². The summed E-state index contributed by atoms with van der Waals surface area (Å²) >= 11 is 5.98. The molecule has 1 rings (SSSR count). The molecule has 0 amide bonds. The number of anilines is 2. The van der Waals surface area contributed by atoms with E-state index in [-0.39, 0.29) is 0 Å². The third-order valence-corrected chi connectivity index (χ3v) is 1.95. The molecule has 0 bridgehead atoms. The number of halogens is 1. The predicted octanol–water partition coefficient (Wildman–Crippen LogP) is 2.81. The van der Waals surface area contributed by atoms with Crippen molar-refractivity contribution < 1.29 is 0 Å². The van der Waals surface area contributed by atoms with Crippen LogP contribution < -0.4 is 10.6 Å². The lowest BCUT2D eigenvalue weighted by Crippen LogP contribution is -2.01. The van der Waals surface area contributed by atoms with Gasteiger partial charge >= 0.3 is 0 Å². The standard InChI is InChI=1S/C9H13ClN2/c1-3-12-9-7(10)5-4-6-8(9)11-2/h4-6,11-12H,3H2,1-2H3. The van der Waals surface area contributed by atoms with Crippen LogP contribution in [0.15, 0.2) is 18.2 Å². The summed E-state index contributed by atoms with van der Waals surface area (Å²) in [4.78, 5) is 0. The first-order valence-electron chi connectivity index (χ1n) is 3.99. The largest absolute Gasteiger partial charge is 0.386 e. The molecule has 0 saturated heterocycles. The Morgan fingerprint density at radius 1 is 1.42 bits per heavy atom. The predicted molar refractivity (Wildman–Crippen MR) is 55.2 cm³/mol. The van der Waals surface area contributed by atoms with Crippen molar-refractivity contribution in [3.8, 4) is 0 Å². The summed E-state index contributed by atoms with van der Waals surface area (Å²) in [6, 6.07) is 5.79. The van der Waals surface area contributed by atoms with Crippen LogP contribution in [0.5, 0.6) is 0 Å².